The maximum Gasteiger partial charge on any atom is 0.249 e. The molecule has 0 radical (unpaired) electrons. The van der Waals surface area contributed by atoms with Gasteiger partial charge in [-0.25, -0.2) is 9.37 Å². The van der Waals surface area contributed by atoms with Crippen molar-refractivity contribution in [3.05, 3.63) is 64.5 Å². The highest BCUT2D eigenvalue weighted by Crippen LogP contribution is 2.41. The van der Waals surface area contributed by atoms with Crippen molar-refractivity contribution in [3.8, 4) is 0 Å². The van der Waals surface area contributed by atoms with Gasteiger partial charge in [-0.15, -0.1) is 0 Å². The van der Waals surface area contributed by atoms with Crippen molar-refractivity contribution in [3.63, 3.8) is 0 Å². The van der Waals surface area contributed by atoms with E-state index in [1.807, 2.05) is 6.07 Å². The summed E-state index contributed by atoms with van der Waals surface area (Å²) < 4.78 is 27.7. The van der Waals surface area contributed by atoms with Gasteiger partial charge in [0.2, 0.25) is 17.8 Å². The van der Waals surface area contributed by atoms with Crippen LogP contribution >= 0.6 is 12.6 Å². The van der Waals surface area contributed by atoms with Crippen molar-refractivity contribution in [1.29, 1.82) is 0 Å². The number of pyridine rings is 1. The number of halogens is 2. The third kappa shape index (κ3) is 4.29. The average Bonchev–Trinajstić information content (AvgIpc) is 3.14. The zero-order chi connectivity index (χ0) is 23.1. The van der Waals surface area contributed by atoms with Crippen molar-refractivity contribution < 1.29 is 18.4 Å². The van der Waals surface area contributed by atoms with Crippen LogP contribution in [0.15, 0.2) is 30.5 Å². The molecule has 4 heterocycles. The number of amides is 2. The number of thiol groups is 1. The molecule has 2 fully saturated rings. The number of imide groups is 1. The first-order valence-electron chi connectivity index (χ1n) is 11.3. The summed E-state index contributed by atoms with van der Waals surface area (Å²) in [6.07, 6.45) is 3.69. The number of aromatic nitrogens is 1. The second kappa shape index (κ2) is 9.12. The molecule has 3 aliphatic rings. The van der Waals surface area contributed by atoms with E-state index < -0.39 is 11.8 Å². The van der Waals surface area contributed by atoms with Crippen LogP contribution < -0.4 is 5.32 Å². The molecular formula is C24H26F2N4O2S. The third-order valence-electron chi connectivity index (χ3n) is 7.15. The molecule has 5 rings (SSSR count). The fourth-order valence-electron chi connectivity index (χ4n) is 5.35. The van der Waals surface area contributed by atoms with Crippen molar-refractivity contribution in [2.75, 3.05) is 13.1 Å². The first-order chi connectivity index (χ1) is 15.9. The van der Waals surface area contributed by atoms with E-state index in [2.05, 4.69) is 32.2 Å². The molecule has 2 unspecified atom stereocenters. The molecule has 0 saturated carbocycles. The van der Waals surface area contributed by atoms with Crippen molar-refractivity contribution in [2.24, 2.45) is 0 Å². The highest BCUT2D eigenvalue weighted by atomic mass is 32.1. The largest absolute Gasteiger partial charge is 0.299 e. The van der Waals surface area contributed by atoms with Gasteiger partial charge < -0.3 is 0 Å². The quantitative estimate of drug-likeness (QED) is 0.406. The molecule has 0 spiro atoms. The second-order valence-electron chi connectivity index (χ2n) is 9.05. The Morgan fingerprint density at radius 1 is 1.09 bits per heavy atom. The van der Waals surface area contributed by atoms with Gasteiger partial charge in [0.1, 0.15) is 0 Å². The lowest BCUT2D eigenvalue weighted by atomic mass is 9.89. The first kappa shape index (κ1) is 22.4. The zero-order valence-corrected chi connectivity index (χ0v) is 19.0. The summed E-state index contributed by atoms with van der Waals surface area (Å²) in [5.41, 5.74) is 3.90. The Bertz CT molecular complexity index is 1090. The van der Waals surface area contributed by atoms with Crippen LogP contribution in [0.5, 0.6) is 0 Å². The van der Waals surface area contributed by atoms with Crippen LogP contribution in [0.25, 0.3) is 0 Å². The lowest BCUT2D eigenvalue weighted by molar-refractivity contribution is -0.137. The number of nitrogens with one attached hydrogen (secondary N) is 1. The molecule has 174 valence electrons. The Balaban J connectivity index is 1.26. The number of benzene rings is 1. The second-order valence-corrected chi connectivity index (χ2v) is 9.54. The fourth-order valence-corrected chi connectivity index (χ4v) is 5.84. The van der Waals surface area contributed by atoms with Crippen LogP contribution in [0.4, 0.5) is 8.78 Å². The molecule has 1 aromatic heterocycles. The Morgan fingerprint density at radius 3 is 2.64 bits per heavy atom. The number of hydrogen-bond acceptors (Lipinski definition) is 6. The number of piperidine rings is 2. The summed E-state index contributed by atoms with van der Waals surface area (Å²) in [4.78, 5) is 31.7. The number of nitrogens with zero attached hydrogens (tertiary/aromatic N) is 3. The summed E-state index contributed by atoms with van der Waals surface area (Å²) in [5.74, 6) is -2.34. The number of likely N-dealkylation sites (tertiary alicyclic amines) is 1. The van der Waals surface area contributed by atoms with Crippen molar-refractivity contribution in [2.45, 2.75) is 56.1 Å². The number of rotatable bonds is 4. The maximum atomic E-state index is 14.1. The van der Waals surface area contributed by atoms with E-state index >= 15 is 0 Å². The average molecular weight is 473 g/mol. The molecule has 6 nitrogen and oxygen atoms in total. The highest BCUT2D eigenvalue weighted by Gasteiger charge is 2.39. The lowest BCUT2D eigenvalue weighted by Gasteiger charge is -2.33. The fraction of sp³-hybridized carbons (Fsp3) is 0.458. The topological polar surface area (TPSA) is 65.5 Å². The van der Waals surface area contributed by atoms with E-state index in [4.69, 9.17) is 12.6 Å². The summed E-state index contributed by atoms with van der Waals surface area (Å²) in [7, 11) is 0. The molecule has 0 aliphatic carbocycles. The molecule has 1 aromatic carbocycles. The molecule has 2 aromatic rings. The van der Waals surface area contributed by atoms with Crippen molar-refractivity contribution >= 4 is 24.4 Å². The Hall–Kier alpha value is -2.36. The molecule has 1 N–H and O–H groups in total. The predicted octanol–water partition coefficient (Wildman–Crippen LogP) is 3.29. The first-order valence-corrected chi connectivity index (χ1v) is 11.8. The molecule has 9 heteroatoms. The van der Waals surface area contributed by atoms with Crippen molar-refractivity contribution in [1.82, 2.24) is 20.1 Å². The molecule has 2 atom stereocenters. The van der Waals surface area contributed by atoms with Crippen LogP contribution in [0.3, 0.4) is 0 Å². The van der Waals surface area contributed by atoms with E-state index in [0.29, 0.717) is 24.9 Å². The number of carbonyl (C=O) groups is 2. The molecule has 3 aliphatic heterocycles. The van der Waals surface area contributed by atoms with Crippen LogP contribution in [0.2, 0.25) is 0 Å². The van der Waals surface area contributed by atoms with Crippen LogP contribution in [-0.4, -0.2) is 45.7 Å². The summed E-state index contributed by atoms with van der Waals surface area (Å²) >= 11 is 4.80. The third-order valence-corrected chi connectivity index (χ3v) is 7.73. The normalized spacial score (nSPS) is 24.7. The minimum atomic E-state index is -1.03. The Labute approximate surface area is 196 Å². The van der Waals surface area contributed by atoms with E-state index in [-0.39, 0.29) is 29.1 Å². The van der Waals surface area contributed by atoms with Gasteiger partial charge in [0.05, 0.1) is 11.4 Å². The smallest absolute Gasteiger partial charge is 0.249 e. The van der Waals surface area contributed by atoms with Gasteiger partial charge in [-0.05, 0) is 66.6 Å². The van der Waals surface area contributed by atoms with Crippen LogP contribution in [-0.2, 0) is 22.7 Å². The maximum absolute atomic E-state index is 14.1. The standard InChI is InChI=1S/C24H26F2N4O2S/c25-21-16(6-9-27-22(21)26)14-7-10-29(11-8-14)12-15-2-1-3-17-18(15)13-30(24(17)33)19-4-5-20(31)28-23(19)32/h1-3,6,9,14,19,24,33H,4-5,7-8,10-13H2,(H,28,31,32). The molecule has 2 amide bonds. The van der Waals surface area contributed by atoms with Gasteiger partial charge in [0, 0.05) is 25.7 Å². The van der Waals surface area contributed by atoms with Gasteiger partial charge in [0.25, 0.3) is 0 Å². The van der Waals surface area contributed by atoms with Gasteiger partial charge in [-0.2, -0.15) is 17.0 Å². The molecule has 33 heavy (non-hydrogen) atoms. The van der Waals surface area contributed by atoms with E-state index in [1.54, 1.807) is 6.07 Å². The molecule has 0 bridgehead atoms. The number of carbonyl (C=O) groups excluding carboxylic acids is 2. The van der Waals surface area contributed by atoms with E-state index in [0.717, 1.165) is 38.0 Å². The SMILES string of the molecule is O=C1CCC(N2Cc3c(CN4CCC(c5ccnc(F)c5F)CC4)cccc3C2S)C(=O)N1. The van der Waals surface area contributed by atoms with E-state index in [1.165, 1.54) is 17.3 Å². The highest BCUT2D eigenvalue weighted by molar-refractivity contribution is 7.80. The monoisotopic (exact) mass is 472 g/mol. The van der Waals surface area contributed by atoms with Gasteiger partial charge >= 0.3 is 0 Å². The predicted molar refractivity (Wildman–Crippen MR) is 121 cm³/mol. The summed E-state index contributed by atoms with van der Waals surface area (Å²) in [6, 6.07) is 7.40. The summed E-state index contributed by atoms with van der Waals surface area (Å²) in [6.45, 7) is 2.95. The van der Waals surface area contributed by atoms with Crippen LogP contribution in [0, 0.1) is 11.8 Å². The summed E-state index contributed by atoms with van der Waals surface area (Å²) in [5, 5.41) is 2.25. The van der Waals surface area contributed by atoms with E-state index in [9.17, 15) is 18.4 Å². The molecular weight excluding hydrogens is 446 g/mol. The zero-order valence-electron chi connectivity index (χ0n) is 18.1. The molecule has 2 saturated heterocycles. The van der Waals surface area contributed by atoms with Gasteiger partial charge in [0.15, 0.2) is 5.82 Å². The van der Waals surface area contributed by atoms with Gasteiger partial charge in [-0.1, -0.05) is 18.2 Å². The number of hydrogen-bond donors (Lipinski definition) is 2. The lowest BCUT2D eigenvalue weighted by Crippen LogP contribution is -2.51. The minimum Gasteiger partial charge on any atom is -0.299 e. The number of fused-ring (bicyclic) bond motifs is 1. The van der Waals surface area contributed by atoms with Gasteiger partial charge in [-0.3, -0.25) is 24.7 Å². The van der Waals surface area contributed by atoms with Crippen LogP contribution in [0.1, 0.15) is 59.2 Å². The Morgan fingerprint density at radius 2 is 1.88 bits per heavy atom. The Kier molecular flexibility index (Phi) is 6.20. The minimum absolute atomic E-state index is 0.00919.